The summed E-state index contributed by atoms with van der Waals surface area (Å²) >= 11 is 0. The first-order valence-corrected chi connectivity index (χ1v) is 9.05. The molecule has 0 bridgehead atoms. The van der Waals surface area contributed by atoms with E-state index in [1.165, 1.54) is 0 Å². The second-order valence-corrected chi connectivity index (χ2v) is 6.44. The Morgan fingerprint density at radius 1 is 1.32 bits per heavy atom. The van der Waals surface area contributed by atoms with E-state index in [1.807, 2.05) is 38.1 Å². The molecule has 2 amide bonds. The van der Waals surface area contributed by atoms with Crippen molar-refractivity contribution in [1.82, 2.24) is 10.2 Å². The van der Waals surface area contributed by atoms with Crippen LogP contribution in [0.4, 0.5) is 5.69 Å². The molecular weight excluding hydrogens is 318 g/mol. The average Bonchev–Trinajstić information content (AvgIpc) is 3.10. The van der Waals surface area contributed by atoms with E-state index in [0.717, 1.165) is 37.1 Å². The fourth-order valence-electron chi connectivity index (χ4n) is 2.90. The number of nitrogens with one attached hydrogen (secondary N) is 2. The number of amides is 2. The summed E-state index contributed by atoms with van der Waals surface area (Å²) in [5.41, 5.74) is 1.79. The summed E-state index contributed by atoms with van der Waals surface area (Å²) in [7, 11) is 0. The van der Waals surface area contributed by atoms with Crippen molar-refractivity contribution in [2.75, 3.05) is 38.1 Å². The minimum Gasteiger partial charge on any atom is -0.377 e. The Bertz CT molecular complexity index is 571. The van der Waals surface area contributed by atoms with Gasteiger partial charge in [-0.15, -0.1) is 0 Å². The highest BCUT2D eigenvalue weighted by molar-refractivity contribution is 5.95. The molecule has 0 aromatic heterocycles. The Morgan fingerprint density at radius 3 is 2.80 bits per heavy atom. The number of carbonyl (C=O) groups is 2. The van der Waals surface area contributed by atoms with E-state index in [2.05, 4.69) is 10.6 Å². The van der Waals surface area contributed by atoms with Gasteiger partial charge in [-0.3, -0.25) is 9.59 Å². The molecule has 1 unspecified atom stereocenters. The monoisotopic (exact) mass is 347 g/mol. The van der Waals surface area contributed by atoms with Gasteiger partial charge in [-0.05, 0) is 37.8 Å². The number of rotatable bonds is 9. The van der Waals surface area contributed by atoms with E-state index >= 15 is 0 Å². The first-order valence-electron chi connectivity index (χ1n) is 9.05. The zero-order valence-corrected chi connectivity index (χ0v) is 15.2. The lowest BCUT2D eigenvalue weighted by Crippen LogP contribution is -2.44. The molecule has 6 heteroatoms. The van der Waals surface area contributed by atoms with Crippen molar-refractivity contribution in [2.45, 2.75) is 39.2 Å². The maximum Gasteiger partial charge on any atom is 0.244 e. The number of benzene rings is 1. The topological polar surface area (TPSA) is 70.7 Å². The van der Waals surface area contributed by atoms with Gasteiger partial charge in [0.05, 0.1) is 19.2 Å². The van der Waals surface area contributed by atoms with Crippen LogP contribution < -0.4 is 10.6 Å². The molecule has 1 aromatic rings. The molecule has 0 spiro atoms. The van der Waals surface area contributed by atoms with E-state index in [9.17, 15) is 9.59 Å². The van der Waals surface area contributed by atoms with Crippen LogP contribution in [-0.2, 0) is 14.3 Å². The van der Waals surface area contributed by atoms with E-state index < -0.39 is 0 Å². The zero-order chi connectivity index (χ0) is 18.1. The molecule has 2 N–H and O–H groups in total. The highest BCUT2D eigenvalue weighted by Crippen LogP contribution is 2.13. The van der Waals surface area contributed by atoms with Crippen LogP contribution in [0.25, 0.3) is 0 Å². The lowest BCUT2D eigenvalue weighted by molar-refractivity contribution is -0.134. The Labute approximate surface area is 149 Å². The Balaban J connectivity index is 1.80. The van der Waals surface area contributed by atoms with Gasteiger partial charge in [0.1, 0.15) is 0 Å². The van der Waals surface area contributed by atoms with Crippen LogP contribution in [0.5, 0.6) is 0 Å². The summed E-state index contributed by atoms with van der Waals surface area (Å²) in [6, 6.07) is 7.62. The quantitative estimate of drug-likeness (QED) is 0.716. The Hall–Kier alpha value is -1.92. The van der Waals surface area contributed by atoms with Crippen molar-refractivity contribution in [2.24, 2.45) is 0 Å². The van der Waals surface area contributed by atoms with Gasteiger partial charge >= 0.3 is 0 Å². The molecule has 0 aliphatic carbocycles. The van der Waals surface area contributed by atoms with Crippen molar-refractivity contribution >= 4 is 17.5 Å². The predicted molar refractivity (Wildman–Crippen MR) is 98.5 cm³/mol. The molecule has 25 heavy (non-hydrogen) atoms. The highest BCUT2D eigenvalue weighted by Gasteiger charge is 2.19. The lowest BCUT2D eigenvalue weighted by atomic mass is 10.2. The summed E-state index contributed by atoms with van der Waals surface area (Å²) in [6.07, 6.45) is 3.14. The molecule has 1 aliphatic heterocycles. The molecule has 1 aliphatic rings. The minimum absolute atomic E-state index is 0.0558. The maximum atomic E-state index is 12.4. The minimum atomic E-state index is -0.171. The Morgan fingerprint density at radius 2 is 2.12 bits per heavy atom. The molecule has 1 fully saturated rings. The third-order valence-electron chi connectivity index (χ3n) is 4.27. The van der Waals surface area contributed by atoms with Crippen LogP contribution in [0.3, 0.4) is 0 Å². The van der Waals surface area contributed by atoms with Gasteiger partial charge in [-0.25, -0.2) is 0 Å². The number of ether oxygens (including phenoxy) is 1. The molecule has 1 aromatic carbocycles. The van der Waals surface area contributed by atoms with Gasteiger partial charge < -0.3 is 20.3 Å². The van der Waals surface area contributed by atoms with Gasteiger partial charge in [0.2, 0.25) is 11.8 Å². The number of hydrogen-bond donors (Lipinski definition) is 2. The molecule has 1 atom stereocenters. The number of aryl methyl sites for hydroxylation is 1. The lowest BCUT2D eigenvalue weighted by Gasteiger charge is -2.22. The maximum absolute atomic E-state index is 12.4. The van der Waals surface area contributed by atoms with Crippen LogP contribution in [0.1, 0.15) is 31.7 Å². The van der Waals surface area contributed by atoms with Gasteiger partial charge in [0.25, 0.3) is 0 Å². The summed E-state index contributed by atoms with van der Waals surface area (Å²) in [5, 5.41) is 6.03. The Kier molecular flexibility index (Phi) is 7.88. The second-order valence-electron chi connectivity index (χ2n) is 6.44. The van der Waals surface area contributed by atoms with Gasteiger partial charge in [-0.1, -0.05) is 25.1 Å². The third kappa shape index (κ3) is 6.48. The van der Waals surface area contributed by atoms with Crippen LogP contribution in [0.2, 0.25) is 0 Å². The van der Waals surface area contributed by atoms with Crippen LogP contribution in [-0.4, -0.2) is 55.6 Å². The highest BCUT2D eigenvalue weighted by atomic mass is 16.5. The van der Waals surface area contributed by atoms with Crippen molar-refractivity contribution in [3.63, 3.8) is 0 Å². The molecule has 0 radical (unpaired) electrons. The number of carbonyl (C=O) groups excluding carboxylic acids is 2. The van der Waals surface area contributed by atoms with Crippen LogP contribution in [0, 0.1) is 6.92 Å². The van der Waals surface area contributed by atoms with Crippen molar-refractivity contribution in [3.8, 4) is 0 Å². The van der Waals surface area contributed by atoms with E-state index in [0.29, 0.717) is 13.1 Å². The number of para-hydroxylation sites is 1. The second kappa shape index (κ2) is 10.2. The first-order chi connectivity index (χ1) is 12.1. The SMILES string of the molecule is CCCN(CC(=O)Nc1ccccc1C)C(=O)CNCC1CCCO1. The number of anilines is 1. The summed E-state index contributed by atoms with van der Waals surface area (Å²) in [4.78, 5) is 26.3. The summed E-state index contributed by atoms with van der Waals surface area (Å²) < 4.78 is 5.53. The fraction of sp³-hybridized carbons (Fsp3) is 0.579. The number of hydrogen-bond acceptors (Lipinski definition) is 4. The largest absolute Gasteiger partial charge is 0.377 e. The molecule has 1 saturated heterocycles. The fourth-order valence-corrected chi connectivity index (χ4v) is 2.90. The smallest absolute Gasteiger partial charge is 0.244 e. The van der Waals surface area contributed by atoms with Crippen molar-refractivity contribution in [3.05, 3.63) is 29.8 Å². The number of nitrogens with zero attached hydrogens (tertiary/aromatic N) is 1. The van der Waals surface area contributed by atoms with Gasteiger partial charge in [0.15, 0.2) is 0 Å². The van der Waals surface area contributed by atoms with Gasteiger partial charge in [0, 0.05) is 25.4 Å². The normalized spacial score (nSPS) is 16.6. The molecule has 0 saturated carbocycles. The molecule has 2 rings (SSSR count). The standard InChI is InChI=1S/C19H29N3O3/c1-3-10-22(19(24)13-20-12-16-8-6-11-25-16)14-18(23)21-17-9-5-4-7-15(17)2/h4-5,7,9,16,20H,3,6,8,10-14H2,1-2H3,(H,21,23). The molecular formula is C19H29N3O3. The van der Waals surface area contributed by atoms with E-state index in [1.54, 1.807) is 4.90 Å². The zero-order valence-electron chi connectivity index (χ0n) is 15.2. The van der Waals surface area contributed by atoms with E-state index in [-0.39, 0.29) is 31.0 Å². The summed E-state index contributed by atoms with van der Waals surface area (Å²) in [5.74, 6) is -0.227. The average molecular weight is 347 g/mol. The molecule has 6 nitrogen and oxygen atoms in total. The van der Waals surface area contributed by atoms with Crippen LogP contribution >= 0.6 is 0 Å². The predicted octanol–water partition coefficient (Wildman–Crippen LogP) is 1.94. The third-order valence-corrected chi connectivity index (χ3v) is 4.27. The summed E-state index contributed by atoms with van der Waals surface area (Å²) in [6.45, 7) is 6.31. The van der Waals surface area contributed by atoms with Crippen molar-refractivity contribution in [1.29, 1.82) is 0 Å². The van der Waals surface area contributed by atoms with Gasteiger partial charge in [-0.2, -0.15) is 0 Å². The van der Waals surface area contributed by atoms with Crippen LogP contribution in [0.15, 0.2) is 24.3 Å². The molecule has 138 valence electrons. The van der Waals surface area contributed by atoms with Crippen molar-refractivity contribution < 1.29 is 14.3 Å². The molecule has 1 heterocycles. The first kappa shape index (κ1) is 19.4. The van der Waals surface area contributed by atoms with E-state index in [4.69, 9.17) is 4.74 Å².